The topological polar surface area (TPSA) is 17.0 Å². The van der Waals surface area contributed by atoms with E-state index >= 15 is 0 Å². The first-order chi connectivity index (χ1) is 8.86. The third-order valence-electron chi connectivity index (χ3n) is 4.36. The number of halogens is 1. The summed E-state index contributed by atoms with van der Waals surface area (Å²) >= 11 is 3.85. The van der Waals surface area contributed by atoms with E-state index in [1.807, 2.05) is 0 Å². The average Bonchev–Trinajstić information content (AvgIpc) is 3.00. The second-order valence-electron chi connectivity index (χ2n) is 5.42. The minimum Gasteiger partial charge on any atom is -0.342 e. The Bertz CT molecular complexity index is 608. The molecule has 0 spiro atoms. The highest BCUT2D eigenvalue weighted by atomic mass is 79.9. The second kappa shape index (κ2) is 4.10. The lowest BCUT2D eigenvalue weighted by molar-refractivity contribution is 0.544. The van der Waals surface area contributed by atoms with Gasteiger partial charge in [-0.15, -0.1) is 0 Å². The molecule has 2 aliphatic heterocycles. The minimum atomic E-state index is 0.540. The van der Waals surface area contributed by atoms with Crippen LogP contribution >= 0.6 is 15.9 Å². The van der Waals surface area contributed by atoms with Gasteiger partial charge in [0.1, 0.15) is 0 Å². The van der Waals surface area contributed by atoms with Crippen LogP contribution in [0.4, 0.5) is 0 Å². The smallest absolute Gasteiger partial charge is 0.0527 e. The van der Waals surface area contributed by atoms with Crippen LogP contribution in [-0.4, -0.2) is 11.1 Å². The van der Waals surface area contributed by atoms with Gasteiger partial charge >= 0.3 is 0 Å². The first-order valence-corrected chi connectivity index (χ1v) is 7.68. The van der Waals surface area contributed by atoms with E-state index in [1.54, 1.807) is 0 Å². The van der Waals surface area contributed by atoms with Gasteiger partial charge in [0.2, 0.25) is 0 Å². The molecule has 2 aromatic rings. The van der Waals surface area contributed by atoms with Crippen LogP contribution in [0.2, 0.25) is 0 Å². The maximum absolute atomic E-state index is 3.85. The Morgan fingerprint density at radius 3 is 3.06 bits per heavy atom. The third-order valence-corrected chi connectivity index (χ3v) is 5.19. The van der Waals surface area contributed by atoms with Crippen molar-refractivity contribution in [3.63, 3.8) is 0 Å². The van der Waals surface area contributed by atoms with Crippen molar-refractivity contribution in [3.8, 4) is 0 Å². The van der Waals surface area contributed by atoms with E-state index < -0.39 is 0 Å². The van der Waals surface area contributed by atoms with Crippen LogP contribution in [0.25, 0.3) is 10.9 Å². The van der Waals surface area contributed by atoms with Crippen molar-refractivity contribution in [1.29, 1.82) is 0 Å². The second-order valence-corrected chi connectivity index (χ2v) is 6.21. The molecule has 3 heterocycles. The van der Waals surface area contributed by atoms with Crippen molar-refractivity contribution in [1.82, 2.24) is 9.88 Å². The summed E-state index contributed by atoms with van der Waals surface area (Å²) in [4.78, 5) is 0. The molecule has 1 aromatic heterocycles. The average molecular weight is 305 g/mol. The summed E-state index contributed by atoms with van der Waals surface area (Å²) in [7, 11) is 0. The standard InChI is InChI=1S/C15H17BrN2/c16-13-11-6-1-4-10-5-3-9-18(14(10)11)15(13)12-7-2-8-17-12/h1,4,6,12,17H,2-3,5,7-9H2. The molecule has 1 aromatic carbocycles. The molecule has 0 aliphatic carbocycles. The molecule has 4 rings (SSSR count). The number of para-hydroxylation sites is 1. The Morgan fingerprint density at radius 2 is 2.22 bits per heavy atom. The van der Waals surface area contributed by atoms with Crippen LogP contribution in [0.5, 0.6) is 0 Å². The molecule has 0 bridgehead atoms. The highest BCUT2D eigenvalue weighted by Gasteiger charge is 2.27. The first-order valence-electron chi connectivity index (χ1n) is 6.89. The quantitative estimate of drug-likeness (QED) is 0.848. The van der Waals surface area contributed by atoms with Gasteiger partial charge in [-0.3, -0.25) is 0 Å². The van der Waals surface area contributed by atoms with E-state index in [2.05, 4.69) is 44.0 Å². The highest BCUT2D eigenvalue weighted by molar-refractivity contribution is 9.10. The summed E-state index contributed by atoms with van der Waals surface area (Å²) in [5, 5.41) is 5.04. The van der Waals surface area contributed by atoms with Crippen molar-refractivity contribution in [3.05, 3.63) is 33.9 Å². The van der Waals surface area contributed by atoms with Crippen molar-refractivity contribution in [2.45, 2.75) is 38.3 Å². The molecule has 0 radical (unpaired) electrons. The fraction of sp³-hybridized carbons (Fsp3) is 0.467. The maximum Gasteiger partial charge on any atom is 0.0527 e. The van der Waals surface area contributed by atoms with Gasteiger partial charge in [-0.1, -0.05) is 18.2 Å². The van der Waals surface area contributed by atoms with E-state index in [-0.39, 0.29) is 0 Å². The summed E-state index contributed by atoms with van der Waals surface area (Å²) in [6.45, 7) is 2.33. The predicted octanol–water partition coefficient (Wildman–Crippen LogP) is 3.77. The van der Waals surface area contributed by atoms with Crippen molar-refractivity contribution >= 4 is 26.8 Å². The predicted molar refractivity (Wildman–Crippen MR) is 77.9 cm³/mol. The molecule has 1 saturated heterocycles. The van der Waals surface area contributed by atoms with Crippen LogP contribution in [0, 0.1) is 0 Å². The zero-order valence-corrected chi connectivity index (χ0v) is 12.0. The fourth-order valence-corrected chi connectivity index (χ4v) is 4.40. The molecule has 2 nitrogen and oxygen atoms in total. The van der Waals surface area contributed by atoms with Crippen molar-refractivity contribution in [2.75, 3.05) is 6.54 Å². The van der Waals surface area contributed by atoms with Crippen molar-refractivity contribution < 1.29 is 0 Å². The third kappa shape index (κ3) is 1.44. The lowest BCUT2D eigenvalue weighted by atomic mass is 10.0. The zero-order valence-electron chi connectivity index (χ0n) is 10.4. The molecule has 0 saturated carbocycles. The number of hydrogen-bond donors (Lipinski definition) is 1. The molecular formula is C15H17BrN2. The van der Waals surface area contributed by atoms with Gasteiger partial charge in [-0.05, 0) is 53.7 Å². The summed E-state index contributed by atoms with van der Waals surface area (Å²) in [5.41, 5.74) is 4.47. The normalized spacial score (nSPS) is 22.8. The Hall–Kier alpha value is -0.800. The number of nitrogens with zero attached hydrogens (tertiary/aromatic N) is 1. The summed E-state index contributed by atoms with van der Waals surface area (Å²) < 4.78 is 3.88. The summed E-state index contributed by atoms with van der Waals surface area (Å²) in [6.07, 6.45) is 5.06. The summed E-state index contributed by atoms with van der Waals surface area (Å²) in [6, 6.07) is 7.28. The van der Waals surface area contributed by atoms with Gasteiger partial charge in [-0.2, -0.15) is 0 Å². The SMILES string of the molecule is Brc1c(C2CCCN2)n2c3c(cccc13)CCC2. The van der Waals surface area contributed by atoms with Crippen LogP contribution in [-0.2, 0) is 13.0 Å². The van der Waals surface area contributed by atoms with Gasteiger partial charge < -0.3 is 9.88 Å². The van der Waals surface area contributed by atoms with Crippen LogP contribution in [0.15, 0.2) is 22.7 Å². The van der Waals surface area contributed by atoms with Crippen LogP contribution < -0.4 is 5.32 Å². The molecule has 1 N–H and O–H groups in total. The Balaban J connectivity index is 2.02. The Morgan fingerprint density at radius 1 is 1.28 bits per heavy atom. The molecule has 0 amide bonds. The molecule has 94 valence electrons. The van der Waals surface area contributed by atoms with Gasteiger partial charge in [-0.25, -0.2) is 0 Å². The number of aryl methyl sites for hydroxylation is 2. The number of aromatic nitrogens is 1. The Kier molecular flexibility index (Phi) is 2.52. The monoisotopic (exact) mass is 304 g/mol. The number of rotatable bonds is 1. The number of hydrogen-bond acceptors (Lipinski definition) is 1. The van der Waals surface area contributed by atoms with Gasteiger partial charge in [0.05, 0.1) is 11.2 Å². The summed E-state index contributed by atoms with van der Waals surface area (Å²) in [5.74, 6) is 0. The lowest BCUT2D eigenvalue weighted by Gasteiger charge is -2.20. The molecule has 1 unspecified atom stereocenters. The zero-order chi connectivity index (χ0) is 12.1. The fourth-order valence-electron chi connectivity index (χ4n) is 3.58. The number of benzene rings is 1. The van der Waals surface area contributed by atoms with E-state index in [0.717, 1.165) is 6.54 Å². The van der Waals surface area contributed by atoms with Crippen molar-refractivity contribution in [2.24, 2.45) is 0 Å². The van der Waals surface area contributed by atoms with E-state index in [4.69, 9.17) is 0 Å². The van der Waals surface area contributed by atoms with Gasteiger partial charge in [0.25, 0.3) is 0 Å². The highest BCUT2D eigenvalue weighted by Crippen LogP contribution is 2.40. The molecular weight excluding hydrogens is 288 g/mol. The van der Waals surface area contributed by atoms with E-state index in [9.17, 15) is 0 Å². The molecule has 1 fully saturated rings. The van der Waals surface area contributed by atoms with Crippen LogP contribution in [0.1, 0.15) is 36.6 Å². The minimum absolute atomic E-state index is 0.540. The molecule has 2 aliphatic rings. The number of nitrogens with one attached hydrogen (secondary N) is 1. The van der Waals surface area contributed by atoms with E-state index in [0.29, 0.717) is 6.04 Å². The Labute approximate surface area is 115 Å². The maximum atomic E-state index is 3.85. The molecule has 18 heavy (non-hydrogen) atoms. The lowest BCUT2D eigenvalue weighted by Crippen LogP contribution is -2.19. The first kappa shape index (κ1) is 11.1. The largest absolute Gasteiger partial charge is 0.342 e. The molecule has 1 atom stereocenters. The van der Waals surface area contributed by atoms with Crippen LogP contribution in [0.3, 0.4) is 0 Å². The van der Waals surface area contributed by atoms with Gasteiger partial charge in [0, 0.05) is 22.4 Å². The molecule has 3 heteroatoms. The van der Waals surface area contributed by atoms with Gasteiger partial charge in [0.15, 0.2) is 0 Å². The van der Waals surface area contributed by atoms with E-state index in [1.165, 1.54) is 58.9 Å².